The lowest BCUT2D eigenvalue weighted by molar-refractivity contribution is 0.0443. The van der Waals surface area contributed by atoms with Crippen LogP contribution in [0.3, 0.4) is 0 Å². The van der Waals surface area contributed by atoms with E-state index in [0.717, 1.165) is 6.61 Å². The summed E-state index contributed by atoms with van der Waals surface area (Å²) in [5.74, 6) is 0.571. The predicted octanol–water partition coefficient (Wildman–Crippen LogP) is 1.87. The Kier molecular flexibility index (Phi) is 5.64. The van der Waals surface area contributed by atoms with Gasteiger partial charge in [0.15, 0.2) is 0 Å². The van der Waals surface area contributed by atoms with Crippen LogP contribution in [-0.2, 0) is 9.84 Å². The van der Waals surface area contributed by atoms with Crippen LogP contribution in [0.15, 0.2) is 0 Å². The summed E-state index contributed by atoms with van der Waals surface area (Å²) in [5, 5.41) is 10.5. The van der Waals surface area contributed by atoms with Gasteiger partial charge in [-0.15, -0.1) is 0 Å². The molecule has 0 saturated heterocycles. The van der Waals surface area contributed by atoms with Crippen molar-refractivity contribution in [3.05, 3.63) is 0 Å². The highest BCUT2D eigenvalue weighted by Crippen LogP contribution is 1.95. The fourth-order valence-electron chi connectivity index (χ4n) is 0.568. The molecule has 61 valence electrons. The van der Waals surface area contributed by atoms with Crippen molar-refractivity contribution in [3.63, 3.8) is 0 Å². The van der Waals surface area contributed by atoms with Gasteiger partial charge in [-0.05, 0) is 19.3 Å². The molecule has 2 nitrogen and oxygen atoms in total. The molecule has 0 N–H and O–H groups in total. The van der Waals surface area contributed by atoms with Gasteiger partial charge in [0, 0.05) is 13.2 Å². The summed E-state index contributed by atoms with van der Waals surface area (Å²) >= 11 is 0. The second kappa shape index (κ2) is 5.69. The highest BCUT2D eigenvalue weighted by molar-refractivity contribution is 4.45. The average molecular weight is 145 g/mol. The third kappa shape index (κ3) is 7.92. The van der Waals surface area contributed by atoms with E-state index >= 15 is 0 Å². The molecule has 0 aromatic heterocycles. The van der Waals surface area contributed by atoms with Crippen LogP contribution >= 0.6 is 0 Å². The first-order chi connectivity index (χ1) is 4.63. The van der Waals surface area contributed by atoms with Crippen molar-refractivity contribution >= 4 is 0 Å². The summed E-state index contributed by atoms with van der Waals surface area (Å²) in [7, 11) is 0. The van der Waals surface area contributed by atoms with E-state index in [-0.39, 0.29) is 0 Å². The summed E-state index contributed by atoms with van der Waals surface area (Å²) in [6, 6.07) is 0. The SMILES string of the molecule is CC(C)COCCC(C)[O]. The molecule has 1 unspecified atom stereocenters. The molecule has 0 bridgehead atoms. The van der Waals surface area contributed by atoms with Crippen molar-refractivity contribution in [1.82, 2.24) is 0 Å². The van der Waals surface area contributed by atoms with Crippen LogP contribution in [0.1, 0.15) is 27.2 Å². The summed E-state index contributed by atoms with van der Waals surface area (Å²) in [5.41, 5.74) is 0. The zero-order chi connectivity index (χ0) is 7.98. The van der Waals surface area contributed by atoms with Crippen molar-refractivity contribution in [2.75, 3.05) is 13.2 Å². The maximum atomic E-state index is 10.5. The number of hydrogen-bond donors (Lipinski definition) is 0. The lowest BCUT2D eigenvalue weighted by Crippen LogP contribution is -2.07. The summed E-state index contributed by atoms with van der Waals surface area (Å²) in [6.07, 6.45) is 0.152. The number of rotatable bonds is 5. The molecule has 0 aromatic rings. The Morgan fingerprint density at radius 3 is 2.30 bits per heavy atom. The van der Waals surface area contributed by atoms with Crippen molar-refractivity contribution in [2.45, 2.75) is 33.3 Å². The number of ether oxygens (including phenoxy) is 1. The molecule has 0 rings (SSSR count). The van der Waals surface area contributed by atoms with E-state index in [1.54, 1.807) is 6.92 Å². The standard InChI is InChI=1S/C8H17O2/c1-7(2)6-10-5-4-8(3)9/h7-8H,4-6H2,1-3H3. The molecule has 0 aromatic carbocycles. The fourth-order valence-corrected chi connectivity index (χ4v) is 0.568. The maximum absolute atomic E-state index is 10.5. The van der Waals surface area contributed by atoms with Gasteiger partial charge in [-0.25, -0.2) is 5.11 Å². The highest BCUT2D eigenvalue weighted by Gasteiger charge is 1.97. The van der Waals surface area contributed by atoms with Gasteiger partial charge < -0.3 is 4.74 Å². The van der Waals surface area contributed by atoms with Crippen molar-refractivity contribution in [3.8, 4) is 0 Å². The van der Waals surface area contributed by atoms with Crippen LogP contribution in [0.25, 0.3) is 0 Å². The third-order valence-electron chi connectivity index (χ3n) is 1.12. The van der Waals surface area contributed by atoms with Crippen LogP contribution in [-0.4, -0.2) is 19.3 Å². The second-order valence-electron chi connectivity index (χ2n) is 3.07. The van der Waals surface area contributed by atoms with Crippen LogP contribution in [0.2, 0.25) is 0 Å². The van der Waals surface area contributed by atoms with Gasteiger partial charge in [0.2, 0.25) is 0 Å². The van der Waals surface area contributed by atoms with E-state index in [4.69, 9.17) is 4.74 Å². The van der Waals surface area contributed by atoms with Gasteiger partial charge in [0.25, 0.3) is 0 Å². The number of hydrogen-bond acceptors (Lipinski definition) is 1. The monoisotopic (exact) mass is 145 g/mol. The Labute approximate surface area is 63.2 Å². The first-order valence-electron chi connectivity index (χ1n) is 3.86. The molecule has 10 heavy (non-hydrogen) atoms. The van der Waals surface area contributed by atoms with Gasteiger partial charge in [0.1, 0.15) is 0 Å². The molecule has 1 radical (unpaired) electrons. The van der Waals surface area contributed by atoms with E-state index in [1.807, 2.05) is 0 Å². The Balaban J connectivity index is 2.91. The molecule has 0 aliphatic heterocycles. The van der Waals surface area contributed by atoms with Crippen molar-refractivity contribution in [2.24, 2.45) is 5.92 Å². The Hall–Kier alpha value is -0.0800. The van der Waals surface area contributed by atoms with Crippen molar-refractivity contribution in [1.29, 1.82) is 0 Å². The minimum Gasteiger partial charge on any atom is -0.381 e. The first-order valence-corrected chi connectivity index (χ1v) is 3.86. The molecular formula is C8H17O2. The Bertz CT molecular complexity index is 59.7. The van der Waals surface area contributed by atoms with Gasteiger partial charge in [0.05, 0.1) is 6.10 Å². The predicted molar refractivity (Wildman–Crippen MR) is 40.4 cm³/mol. The minimum atomic E-state index is -0.479. The molecule has 0 spiro atoms. The fraction of sp³-hybridized carbons (Fsp3) is 1.00. The summed E-state index contributed by atoms with van der Waals surface area (Å²) in [6.45, 7) is 7.25. The average Bonchev–Trinajstić information content (AvgIpc) is 1.79. The molecule has 0 aliphatic carbocycles. The highest BCUT2D eigenvalue weighted by atomic mass is 16.5. The molecule has 0 heterocycles. The molecule has 0 amide bonds. The van der Waals surface area contributed by atoms with Crippen LogP contribution < -0.4 is 0 Å². The summed E-state index contributed by atoms with van der Waals surface area (Å²) < 4.78 is 5.21. The van der Waals surface area contributed by atoms with Gasteiger partial charge in [-0.1, -0.05) is 13.8 Å². The molecule has 0 fully saturated rings. The second-order valence-corrected chi connectivity index (χ2v) is 3.07. The zero-order valence-corrected chi connectivity index (χ0v) is 7.09. The smallest absolute Gasteiger partial charge is 0.0924 e. The lowest BCUT2D eigenvalue weighted by atomic mass is 10.2. The molecule has 2 heteroatoms. The lowest BCUT2D eigenvalue weighted by Gasteiger charge is -2.06. The topological polar surface area (TPSA) is 29.1 Å². The molecular weight excluding hydrogens is 128 g/mol. The quantitative estimate of drug-likeness (QED) is 0.543. The van der Waals surface area contributed by atoms with Gasteiger partial charge in [-0.2, -0.15) is 0 Å². The molecule has 0 saturated carbocycles. The van der Waals surface area contributed by atoms with E-state index in [1.165, 1.54) is 0 Å². The van der Waals surface area contributed by atoms with Crippen LogP contribution in [0, 0.1) is 5.92 Å². The molecule has 1 atom stereocenters. The van der Waals surface area contributed by atoms with Gasteiger partial charge >= 0.3 is 0 Å². The third-order valence-corrected chi connectivity index (χ3v) is 1.12. The van der Waals surface area contributed by atoms with E-state index in [2.05, 4.69) is 13.8 Å². The normalized spacial score (nSPS) is 14.1. The largest absolute Gasteiger partial charge is 0.381 e. The molecule has 0 aliphatic rings. The van der Waals surface area contributed by atoms with Crippen LogP contribution in [0.4, 0.5) is 0 Å². The van der Waals surface area contributed by atoms with E-state index < -0.39 is 6.10 Å². The maximum Gasteiger partial charge on any atom is 0.0924 e. The van der Waals surface area contributed by atoms with E-state index in [9.17, 15) is 5.11 Å². The Morgan fingerprint density at radius 2 is 1.90 bits per heavy atom. The first kappa shape index (κ1) is 9.92. The van der Waals surface area contributed by atoms with Crippen molar-refractivity contribution < 1.29 is 9.84 Å². The van der Waals surface area contributed by atoms with Crippen LogP contribution in [0.5, 0.6) is 0 Å². The minimum absolute atomic E-state index is 0.479. The zero-order valence-electron chi connectivity index (χ0n) is 7.09. The summed E-state index contributed by atoms with van der Waals surface area (Å²) in [4.78, 5) is 0. The van der Waals surface area contributed by atoms with Gasteiger partial charge in [-0.3, -0.25) is 0 Å². The van der Waals surface area contributed by atoms with E-state index in [0.29, 0.717) is 18.9 Å². The Morgan fingerprint density at radius 1 is 1.30 bits per heavy atom.